The quantitative estimate of drug-likeness (QED) is 0.369. The second kappa shape index (κ2) is 6.89. The summed E-state index contributed by atoms with van der Waals surface area (Å²) < 4.78 is 10.9. The molecule has 26 heavy (non-hydrogen) atoms. The van der Waals surface area contributed by atoms with Crippen molar-refractivity contribution in [2.45, 2.75) is 31.1 Å². The molecule has 2 N–H and O–H groups in total. The maximum Gasteiger partial charge on any atom is 0.352 e. The third-order valence-electron chi connectivity index (χ3n) is 4.31. The van der Waals surface area contributed by atoms with E-state index >= 15 is 0 Å². The largest absolute Gasteiger partial charge is 0.477 e. The molecular weight excluding hydrogens is 366 g/mol. The molecule has 0 spiro atoms. The Morgan fingerprint density at radius 3 is 2.65 bits per heavy atom. The van der Waals surface area contributed by atoms with E-state index in [-0.39, 0.29) is 11.4 Å². The first kappa shape index (κ1) is 18.7. The van der Waals surface area contributed by atoms with Crippen LogP contribution in [0.3, 0.4) is 0 Å². The number of fused-ring (bicyclic) bond motifs is 1. The van der Waals surface area contributed by atoms with Gasteiger partial charge < -0.3 is 24.7 Å². The Morgan fingerprint density at radius 1 is 1.42 bits per heavy atom. The van der Waals surface area contributed by atoms with Crippen molar-refractivity contribution in [1.82, 2.24) is 10.2 Å². The van der Waals surface area contributed by atoms with Crippen molar-refractivity contribution < 1.29 is 33.8 Å². The average Bonchev–Trinajstić information content (AvgIpc) is 3.04. The van der Waals surface area contributed by atoms with Crippen molar-refractivity contribution in [3.05, 3.63) is 11.3 Å². The number of thioether (sulfide) groups is 1. The maximum absolute atomic E-state index is 12.6. The molecule has 10 nitrogen and oxygen atoms in total. The number of carbonyl (C=O) groups is 3. The number of hydrogen-bond donors (Lipinski definition) is 2. The van der Waals surface area contributed by atoms with Crippen LogP contribution in [0.1, 0.15) is 13.8 Å². The van der Waals surface area contributed by atoms with E-state index in [0.717, 1.165) is 0 Å². The van der Waals surface area contributed by atoms with E-state index < -0.39 is 35.0 Å². The van der Waals surface area contributed by atoms with Gasteiger partial charge in [-0.3, -0.25) is 14.5 Å². The molecule has 3 rings (SSSR count). The fraction of sp³-hybridized carbons (Fsp3) is 0.600. The lowest BCUT2D eigenvalue weighted by Gasteiger charge is -2.49. The number of aliphatic carboxylic acids is 1. The molecule has 0 radical (unpaired) electrons. The van der Waals surface area contributed by atoms with Gasteiger partial charge in [-0.25, -0.2) is 4.79 Å². The molecule has 0 aliphatic carbocycles. The van der Waals surface area contributed by atoms with Gasteiger partial charge in [-0.15, -0.1) is 11.8 Å². The van der Waals surface area contributed by atoms with Crippen molar-refractivity contribution in [3.8, 4) is 0 Å². The minimum absolute atomic E-state index is 0.0237. The van der Waals surface area contributed by atoms with Crippen LogP contribution in [-0.4, -0.2) is 76.8 Å². The summed E-state index contributed by atoms with van der Waals surface area (Å²) in [7, 11) is 1.28. The second-order valence-electron chi connectivity index (χ2n) is 6.06. The molecule has 11 heteroatoms. The summed E-state index contributed by atoms with van der Waals surface area (Å²) in [6.45, 7) is 3.81. The molecule has 0 saturated carbocycles. The number of nitrogens with one attached hydrogen (secondary N) is 1. The first-order chi connectivity index (χ1) is 12.3. The Balaban J connectivity index is 1.76. The number of rotatable bonds is 5. The highest BCUT2D eigenvalue weighted by molar-refractivity contribution is 8.00. The number of carboxylic acids is 1. The third-order valence-corrected chi connectivity index (χ3v) is 5.74. The van der Waals surface area contributed by atoms with Gasteiger partial charge in [0.05, 0.1) is 13.2 Å². The Bertz CT molecular complexity index is 714. The van der Waals surface area contributed by atoms with Gasteiger partial charge in [0.2, 0.25) is 11.5 Å². The predicted molar refractivity (Wildman–Crippen MR) is 90.1 cm³/mol. The Morgan fingerprint density at radius 2 is 2.08 bits per heavy atom. The molecule has 0 bridgehead atoms. The molecule has 0 aromatic rings. The lowest BCUT2D eigenvalue weighted by Crippen LogP contribution is -2.71. The number of carbonyl (C=O) groups excluding carboxylic acids is 2. The third kappa shape index (κ3) is 2.95. The summed E-state index contributed by atoms with van der Waals surface area (Å²) in [5.41, 5.74) is 0.443. The van der Waals surface area contributed by atoms with Crippen LogP contribution in [0.25, 0.3) is 0 Å². The van der Waals surface area contributed by atoms with E-state index in [1.54, 1.807) is 6.92 Å². The Kier molecular flexibility index (Phi) is 4.95. The van der Waals surface area contributed by atoms with Crippen LogP contribution in [0.2, 0.25) is 0 Å². The van der Waals surface area contributed by atoms with Crippen molar-refractivity contribution in [3.63, 3.8) is 0 Å². The summed E-state index contributed by atoms with van der Waals surface area (Å²) in [5.74, 6) is -3.21. The molecule has 2 saturated heterocycles. The van der Waals surface area contributed by atoms with E-state index in [2.05, 4.69) is 10.5 Å². The zero-order valence-corrected chi connectivity index (χ0v) is 15.3. The highest BCUT2D eigenvalue weighted by atomic mass is 32.2. The van der Waals surface area contributed by atoms with E-state index in [0.29, 0.717) is 24.5 Å². The molecule has 0 aromatic carbocycles. The standard InChI is InChI=1S/C15H19N3O7S/c1-7-6-26-13-8(12(20)18(13)9(7)14(21)22)16-11(19)10(17-23-3)15(2)24-4-5-25-15/h8,13H,4-6H2,1-3H3,(H,16,19)(H,21,22)/t8?,13-/m1/s1. The molecule has 0 aromatic heterocycles. The lowest BCUT2D eigenvalue weighted by molar-refractivity contribution is -0.150. The summed E-state index contributed by atoms with van der Waals surface area (Å²) in [5, 5.41) is 15.1. The number of amides is 2. The highest BCUT2D eigenvalue weighted by Crippen LogP contribution is 2.40. The predicted octanol–water partition coefficient (Wildman–Crippen LogP) is -0.490. The Labute approximate surface area is 153 Å². The van der Waals surface area contributed by atoms with Crippen molar-refractivity contribution in [2.75, 3.05) is 26.1 Å². The van der Waals surface area contributed by atoms with Crippen LogP contribution in [0.5, 0.6) is 0 Å². The first-order valence-corrected chi connectivity index (χ1v) is 8.93. The highest BCUT2D eigenvalue weighted by Gasteiger charge is 2.55. The molecule has 1 unspecified atom stereocenters. The zero-order chi connectivity index (χ0) is 19.1. The van der Waals surface area contributed by atoms with Crippen LogP contribution in [0.15, 0.2) is 16.4 Å². The van der Waals surface area contributed by atoms with Crippen molar-refractivity contribution >= 4 is 35.3 Å². The Hall–Kier alpha value is -2.11. The molecule has 2 atom stereocenters. The van der Waals surface area contributed by atoms with Gasteiger partial charge in [0.15, 0.2) is 0 Å². The van der Waals surface area contributed by atoms with E-state index in [1.807, 2.05) is 0 Å². The molecule has 2 fully saturated rings. The normalized spacial score (nSPS) is 27.7. The first-order valence-electron chi connectivity index (χ1n) is 7.88. The van der Waals surface area contributed by atoms with Crippen molar-refractivity contribution in [2.24, 2.45) is 5.16 Å². The monoisotopic (exact) mass is 385 g/mol. The van der Waals surface area contributed by atoms with E-state index in [1.165, 1.54) is 30.7 Å². The summed E-state index contributed by atoms with van der Waals surface area (Å²) >= 11 is 1.39. The maximum atomic E-state index is 12.6. The van der Waals surface area contributed by atoms with Crippen LogP contribution in [-0.2, 0) is 28.7 Å². The van der Waals surface area contributed by atoms with Gasteiger partial charge in [0.25, 0.3) is 11.8 Å². The minimum Gasteiger partial charge on any atom is -0.477 e. The summed E-state index contributed by atoms with van der Waals surface area (Å²) in [6.07, 6.45) is 0. The van der Waals surface area contributed by atoms with Gasteiger partial charge >= 0.3 is 5.97 Å². The number of β-lactam (4-membered cyclic amide) rings is 1. The van der Waals surface area contributed by atoms with Gasteiger partial charge in [0.1, 0.15) is 24.2 Å². The SMILES string of the molecule is CON=C(C(=O)NC1C(=O)N2C(C(=O)O)=C(C)CS[C@H]12)C1(C)OCCO1. The summed E-state index contributed by atoms with van der Waals surface area (Å²) in [4.78, 5) is 42.4. The van der Waals surface area contributed by atoms with Crippen LogP contribution in [0.4, 0.5) is 0 Å². The molecule has 142 valence electrons. The topological polar surface area (TPSA) is 127 Å². The molecular formula is C15H19N3O7S. The number of nitrogens with zero attached hydrogens (tertiary/aromatic N) is 2. The minimum atomic E-state index is -1.37. The van der Waals surface area contributed by atoms with Gasteiger partial charge in [-0.05, 0) is 19.4 Å². The smallest absolute Gasteiger partial charge is 0.352 e. The molecule has 3 aliphatic rings. The zero-order valence-electron chi connectivity index (χ0n) is 14.5. The fourth-order valence-corrected chi connectivity index (χ4v) is 4.35. The van der Waals surface area contributed by atoms with Crippen molar-refractivity contribution in [1.29, 1.82) is 0 Å². The molecule has 3 aliphatic heterocycles. The molecule has 2 amide bonds. The molecule has 3 heterocycles. The van der Waals surface area contributed by atoms with E-state index in [9.17, 15) is 19.5 Å². The average molecular weight is 385 g/mol. The van der Waals surface area contributed by atoms with Crippen LogP contribution >= 0.6 is 11.8 Å². The fourth-order valence-electron chi connectivity index (χ4n) is 3.06. The number of hydrogen-bond acceptors (Lipinski definition) is 8. The van der Waals surface area contributed by atoms with Crippen LogP contribution < -0.4 is 5.32 Å². The second-order valence-corrected chi connectivity index (χ2v) is 7.17. The van der Waals surface area contributed by atoms with Crippen LogP contribution in [0, 0.1) is 0 Å². The number of oxime groups is 1. The van der Waals surface area contributed by atoms with E-state index in [4.69, 9.17) is 14.3 Å². The number of carboxylic acid groups (broad SMARTS) is 1. The van der Waals surface area contributed by atoms with Gasteiger partial charge in [-0.2, -0.15) is 0 Å². The lowest BCUT2D eigenvalue weighted by atomic mass is 10.0. The summed E-state index contributed by atoms with van der Waals surface area (Å²) in [6, 6.07) is -0.859. The number of ether oxygens (including phenoxy) is 2. The van der Waals surface area contributed by atoms with Gasteiger partial charge in [-0.1, -0.05) is 5.16 Å². The van der Waals surface area contributed by atoms with Gasteiger partial charge in [0, 0.05) is 5.75 Å².